The maximum Gasteiger partial charge on any atom is 0.257 e. The number of carbonyl (C=O) groups is 2. The molecule has 0 saturated heterocycles. The lowest BCUT2D eigenvalue weighted by Gasteiger charge is -2.10. The van der Waals surface area contributed by atoms with Gasteiger partial charge in [-0.05, 0) is 60.7 Å². The first-order valence-corrected chi connectivity index (χ1v) is 7.90. The zero-order valence-electron chi connectivity index (χ0n) is 12.2. The van der Waals surface area contributed by atoms with Crippen molar-refractivity contribution in [3.05, 3.63) is 64.1 Å². The van der Waals surface area contributed by atoms with Crippen LogP contribution in [0.25, 0.3) is 0 Å². The Morgan fingerprint density at radius 1 is 0.913 bits per heavy atom. The smallest absolute Gasteiger partial charge is 0.257 e. The largest absolute Gasteiger partial charge is 0.355 e. The van der Waals surface area contributed by atoms with Crippen LogP contribution >= 0.6 is 28.1 Å². The molecule has 2 rings (SSSR count). The van der Waals surface area contributed by atoms with Crippen LogP contribution in [-0.4, -0.2) is 24.0 Å². The van der Waals surface area contributed by atoms with E-state index in [0.29, 0.717) is 16.8 Å². The summed E-state index contributed by atoms with van der Waals surface area (Å²) in [5.74, 6) is -0.459. The first-order valence-electron chi connectivity index (χ1n) is 6.69. The van der Waals surface area contributed by atoms with Gasteiger partial charge in [0.1, 0.15) is 0 Å². The molecule has 0 aromatic heterocycles. The van der Waals surface area contributed by atoms with Crippen molar-refractivity contribution in [3.63, 3.8) is 0 Å². The molecule has 2 amide bonds. The van der Waals surface area contributed by atoms with Gasteiger partial charge in [0.2, 0.25) is 0 Å². The lowest BCUT2D eigenvalue weighted by Crippen LogP contribution is -2.34. The van der Waals surface area contributed by atoms with Gasteiger partial charge in [0, 0.05) is 28.3 Å². The number of halogens is 1. The van der Waals surface area contributed by atoms with Crippen molar-refractivity contribution in [2.75, 3.05) is 12.4 Å². The van der Waals surface area contributed by atoms with Gasteiger partial charge in [0.25, 0.3) is 11.8 Å². The Hall–Kier alpha value is -2.25. The molecule has 0 radical (unpaired) electrons. The molecule has 0 saturated carbocycles. The predicted octanol–water partition coefficient (Wildman–Crippen LogP) is 2.94. The van der Waals surface area contributed by atoms with Gasteiger partial charge >= 0.3 is 0 Å². The first kappa shape index (κ1) is 17.1. The third-order valence-corrected chi connectivity index (χ3v) is 3.70. The Morgan fingerprint density at radius 3 is 2.00 bits per heavy atom. The molecule has 0 spiro atoms. The van der Waals surface area contributed by atoms with Gasteiger partial charge < -0.3 is 10.6 Å². The van der Waals surface area contributed by atoms with Gasteiger partial charge in [-0.2, -0.15) is 0 Å². The summed E-state index contributed by atoms with van der Waals surface area (Å²) < 4.78 is 0.894. The highest BCUT2D eigenvalue weighted by atomic mass is 79.9. The van der Waals surface area contributed by atoms with E-state index in [1.165, 1.54) is 0 Å². The minimum atomic E-state index is -0.294. The van der Waals surface area contributed by atoms with Crippen LogP contribution < -0.4 is 16.0 Å². The number of anilines is 1. The van der Waals surface area contributed by atoms with Crippen LogP contribution in [0.1, 0.15) is 20.7 Å². The Bertz CT molecular complexity index is 730. The van der Waals surface area contributed by atoms with Gasteiger partial charge in [-0.25, -0.2) is 0 Å². The van der Waals surface area contributed by atoms with Crippen molar-refractivity contribution in [3.8, 4) is 0 Å². The normalized spacial score (nSPS) is 9.83. The van der Waals surface area contributed by atoms with Crippen LogP contribution in [0.3, 0.4) is 0 Å². The summed E-state index contributed by atoms with van der Waals surface area (Å²) in [7, 11) is 1.57. The highest BCUT2D eigenvalue weighted by Crippen LogP contribution is 2.11. The average molecular weight is 392 g/mol. The van der Waals surface area contributed by atoms with Gasteiger partial charge in [0.15, 0.2) is 5.11 Å². The molecule has 2 aromatic rings. The van der Waals surface area contributed by atoms with Crippen LogP contribution in [0.4, 0.5) is 5.69 Å². The number of benzene rings is 2. The van der Waals surface area contributed by atoms with Gasteiger partial charge in [-0.15, -0.1) is 0 Å². The Morgan fingerprint density at radius 2 is 1.43 bits per heavy atom. The Labute approximate surface area is 147 Å². The zero-order chi connectivity index (χ0) is 16.8. The maximum atomic E-state index is 12.0. The number of hydrogen-bond donors (Lipinski definition) is 3. The molecule has 2 aromatic carbocycles. The SMILES string of the molecule is CNC(=O)c1ccc(NC(=S)NC(=O)c2ccc(Br)cc2)cc1. The maximum absolute atomic E-state index is 12.0. The lowest BCUT2D eigenvalue weighted by atomic mass is 10.2. The summed E-state index contributed by atoms with van der Waals surface area (Å²) in [6.45, 7) is 0. The summed E-state index contributed by atoms with van der Waals surface area (Å²) in [4.78, 5) is 23.5. The fourth-order valence-corrected chi connectivity index (χ4v) is 2.26. The predicted molar refractivity (Wildman–Crippen MR) is 97.7 cm³/mol. The van der Waals surface area contributed by atoms with Crippen molar-refractivity contribution in [2.24, 2.45) is 0 Å². The van der Waals surface area contributed by atoms with E-state index in [9.17, 15) is 9.59 Å². The second-order valence-corrected chi connectivity index (χ2v) is 5.90. The fourth-order valence-electron chi connectivity index (χ4n) is 1.79. The lowest BCUT2D eigenvalue weighted by molar-refractivity contribution is 0.0959. The van der Waals surface area contributed by atoms with Crippen molar-refractivity contribution >= 4 is 50.8 Å². The molecule has 23 heavy (non-hydrogen) atoms. The number of thiocarbonyl (C=S) groups is 1. The van der Waals surface area contributed by atoms with E-state index in [-0.39, 0.29) is 16.9 Å². The molecule has 0 atom stereocenters. The highest BCUT2D eigenvalue weighted by molar-refractivity contribution is 9.10. The molecule has 0 aliphatic rings. The fraction of sp³-hybridized carbons (Fsp3) is 0.0625. The molecule has 0 heterocycles. The summed E-state index contributed by atoms with van der Waals surface area (Å²) in [5.41, 5.74) is 1.73. The summed E-state index contributed by atoms with van der Waals surface area (Å²) in [6, 6.07) is 13.7. The summed E-state index contributed by atoms with van der Waals surface area (Å²) >= 11 is 8.43. The molecular formula is C16H14BrN3O2S. The standard InChI is InChI=1S/C16H14BrN3O2S/c1-18-14(21)10-4-8-13(9-5-10)19-16(23)20-15(22)11-2-6-12(17)7-3-11/h2-9H,1H3,(H,18,21)(H2,19,20,22,23). The number of hydrogen-bond acceptors (Lipinski definition) is 3. The molecule has 0 bridgehead atoms. The van der Waals surface area contributed by atoms with E-state index in [1.807, 2.05) is 0 Å². The molecule has 0 aliphatic carbocycles. The van der Waals surface area contributed by atoms with Crippen LogP contribution in [0.5, 0.6) is 0 Å². The molecule has 0 fully saturated rings. The monoisotopic (exact) mass is 391 g/mol. The van der Waals surface area contributed by atoms with Gasteiger partial charge in [-0.1, -0.05) is 15.9 Å². The number of carbonyl (C=O) groups excluding carboxylic acids is 2. The summed E-state index contributed by atoms with van der Waals surface area (Å²) in [6.07, 6.45) is 0. The van der Waals surface area contributed by atoms with Crippen molar-refractivity contribution in [1.29, 1.82) is 0 Å². The van der Waals surface area contributed by atoms with Crippen LogP contribution in [0.2, 0.25) is 0 Å². The number of nitrogens with one attached hydrogen (secondary N) is 3. The minimum absolute atomic E-state index is 0.164. The first-order chi connectivity index (χ1) is 11.0. The van der Waals surface area contributed by atoms with Gasteiger partial charge in [0.05, 0.1) is 0 Å². The summed E-state index contributed by atoms with van der Waals surface area (Å²) in [5, 5.41) is 8.23. The molecule has 0 unspecified atom stereocenters. The molecule has 3 N–H and O–H groups in total. The minimum Gasteiger partial charge on any atom is -0.355 e. The highest BCUT2D eigenvalue weighted by Gasteiger charge is 2.08. The third-order valence-electron chi connectivity index (χ3n) is 2.97. The van der Waals surface area contributed by atoms with Crippen molar-refractivity contribution < 1.29 is 9.59 Å². The second kappa shape index (κ2) is 7.85. The number of amides is 2. The second-order valence-electron chi connectivity index (χ2n) is 4.57. The van der Waals surface area contributed by atoms with Crippen molar-refractivity contribution in [2.45, 2.75) is 0 Å². The van der Waals surface area contributed by atoms with E-state index in [4.69, 9.17) is 12.2 Å². The molecular weight excluding hydrogens is 378 g/mol. The Kier molecular flexibility index (Phi) is 5.84. The third kappa shape index (κ3) is 4.87. The molecule has 118 valence electrons. The topological polar surface area (TPSA) is 70.2 Å². The van der Waals surface area contributed by atoms with E-state index < -0.39 is 0 Å². The van der Waals surface area contributed by atoms with Crippen molar-refractivity contribution in [1.82, 2.24) is 10.6 Å². The molecule has 7 heteroatoms. The van der Waals surface area contributed by atoms with E-state index in [0.717, 1.165) is 4.47 Å². The van der Waals surface area contributed by atoms with E-state index >= 15 is 0 Å². The van der Waals surface area contributed by atoms with Crippen LogP contribution in [-0.2, 0) is 0 Å². The van der Waals surface area contributed by atoms with Gasteiger partial charge in [-0.3, -0.25) is 14.9 Å². The van der Waals surface area contributed by atoms with E-state index in [2.05, 4.69) is 31.9 Å². The van der Waals surface area contributed by atoms with E-state index in [1.54, 1.807) is 55.6 Å². The number of rotatable bonds is 3. The average Bonchev–Trinajstić information content (AvgIpc) is 2.55. The Balaban J connectivity index is 1.95. The molecule has 0 aliphatic heterocycles. The zero-order valence-corrected chi connectivity index (χ0v) is 14.6. The molecule has 5 nitrogen and oxygen atoms in total. The van der Waals surface area contributed by atoms with Crippen LogP contribution in [0, 0.1) is 0 Å². The van der Waals surface area contributed by atoms with Crippen LogP contribution in [0.15, 0.2) is 53.0 Å². The quantitative estimate of drug-likeness (QED) is 0.703.